The highest BCUT2D eigenvalue weighted by molar-refractivity contribution is 6.07. The molecule has 33 heavy (non-hydrogen) atoms. The zero-order valence-electron chi connectivity index (χ0n) is 18.0. The first-order chi connectivity index (χ1) is 15.7. The maximum Gasteiger partial charge on any atom is 0.351 e. The molecule has 3 aromatic rings. The second-order valence-electron chi connectivity index (χ2n) is 7.49. The van der Waals surface area contributed by atoms with Gasteiger partial charge in [-0.3, -0.25) is 4.79 Å². The SMILES string of the molecule is CCC(C)c1cc(/C=C/C(=O)c2ccc(OCC(=O)O)cc2)cc2cc(C(=O)O)c(=O)oc12. The van der Waals surface area contributed by atoms with Crippen molar-refractivity contribution in [3.8, 4) is 5.75 Å². The summed E-state index contributed by atoms with van der Waals surface area (Å²) in [4.78, 5) is 46.5. The van der Waals surface area contributed by atoms with Crippen molar-refractivity contribution in [3.63, 3.8) is 0 Å². The molecule has 0 saturated carbocycles. The summed E-state index contributed by atoms with van der Waals surface area (Å²) in [6.45, 7) is 3.47. The molecule has 0 fully saturated rings. The van der Waals surface area contributed by atoms with Crippen LogP contribution < -0.4 is 10.4 Å². The molecule has 0 amide bonds. The van der Waals surface area contributed by atoms with Crippen LogP contribution in [0.3, 0.4) is 0 Å². The molecule has 0 radical (unpaired) electrons. The number of allylic oxidation sites excluding steroid dienone is 1. The number of ketones is 1. The fraction of sp³-hybridized carbons (Fsp3) is 0.200. The molecule has 0 aliphatic rings. The fourth-order valence-electron chi connectivity index (χ4n) is 3.25. The van der Waals surface area contributed by atoms with E-state index in [2.05, 4.69) is 0 Å². The van der Waals surface area contributed by atoms with E-state index in [-0.39, 0.29) is 11.7 Å². The Morgan fingerprint density at radius 1 is 1.09 bits per heavy atom. The zero-order valence-corrected chi connectivity index (χ0v) is 18.0. The summed E-state index contributed by atoms with van der Waals surface area (Å²) in [6.07, 6.45) is 3.75. The number of benzene rings is 2. The highest BCUT2D eigenvalue weighted by Gasteiger charge is 2.17. The minimum Gasteiger partial charge on any atom is -0.482 e. The lowest BCUT2D eigenvalue weighted by Crippen LogP contribution is -2.13. The smallest absolute Gasteiger partial charge is 0.351 e. The van der Waals surface area contributed by atoms with Crippen LogP contribution in [0.5, 0.6) is 5.75 Å². The second kappa shape index (κ2) is 9.95. The molecular weight excluding hydrogens is 428 g/mol. The van der Waals surface area contributed by atoms with E-state index >= 15 is 0 Å². The van der Waals surface area contributed by atoms with Crippen LogP contribution in [0.2, 0.25) is 0 Å². The molecule has 8 heteroatoms. The van der Waals surface area contributed by atoms with Crippen LogP contribution >= 0.6 is 0 Å². The van der Waals surface area contributed by atoms with Gasteiger partial charge in [0.1, 0.15) is 16.9 Å². The maximum atomic E-state index is 12.6. The summed E-state index contributed by atoms with van der Waals surface area (Å²) in [6, 6.07) is 10.8. The number of carbonyl (C=O) groups excluding carboxylic acids is 1. The van der Waals surface area contributed by atoms with Crippen LogP contribution in [0, 0.1) is 0 Å². The van der Waals surface area contributed by atoms with Crippen LogP contribution in [0.1, 0.15) is 58.0 Å². The quantitative estimate of drug-likeness (QED) is 0.279. The number of ether oxygens (including phenoxy) is 1. The van der Waals surface area contributed by atoms with E-state index in [0.717, 1.165) is 12.0 Å². The van der Waals surface area contributed by atoms with E-state index in [9.17, 15) is 24.3 Å². The summed E-state index contributed by atoms with van der Waals surface area (Å²) in [5.41, 5.74) is 0.749. The van der Waals surface area contributed by atoms with Gasteiger partial charge in [0.25, 0.3) is 0 Å². The molecule has 1 unspecified atom stereocenters. The van der Waals surface area contributed by atoms with Crippen molar-refractivity contribution >= 4 is 34.8 Å². The Morgan fingerprint density at radius 2 is 1.79 bits per heavy atom. The Bertz CT molecular complexity index is 1300. The molecule has 3 rings (SSSR count). The Hall–Kier alpha value is -4.20. The molecule has 0 aliphatic heterocycles. The molecule has 1 heterocycles. The minimum atomic E-state index is -1.37. The Morgan fingerprint density at radius 3 is 2.39 bits per heavy atom. The first-order valence-electron chi connectivity index (χ1n) is 10.2. The van der Waals surface area contributed by atoms with Crippen molar-refractivity contribution in [2.75, 3.05) is 6.61 Å². The molecule has 2 N–H and O–H groups in total. The van der Waals surface area contributed by atoms with Crippen molar-refractivity contribution in [1.29, 1.82) is 0 Å². The lowest BCUT2D eigenvalue weighted by Gasteiger charge is -2.13. The van der Waals surface area contributed by atoms with Gasteiger partial charge in [0.2, 0.25) is 0 Å². The number of hydrogen-bond acceptors (Lipinski definition) is 6. The third-order valence-electron chi connectivity index (χ3n) is 5.19. The van der Waals surface area contributed by atoms with Crippen molar-refractivity contribution in [2.24, 2.45) is 0 Å². The number of hydrogen-bond donors (Lipinski definition) is 2. The van der Waals surface area contributed by atoms with Gasteiger partial charge in [0.05, 0.1) is 0 Å². The van der Waals surface area contributed by atoms with Crippen molar-refractivity contribution in [3.05, 3.63) is 81.2 Å². The average Bonchev–Trinajstić information content (AvgIpc) is 2.80. The fourth-order valence-corrected chi connectivity index (χ4v) is 3.25. The van der Waals surface area contributed by atoms with E-state index in [1.54, 1.807) is 12.1 Å². The third-order valence-corrected chi connectivity index (χ3v) is 5.19. The summed E-state index contributed by atoms with van der Waals surface area (Å²) >= 11 is 0. The minimum absolute atomic E-state index is 0.0359. The van der Waals surface area contributed by atoms with Crippen LogP contribution in [0.4, 0.5) is 0 Å². The first-order valence-corrected chi connectivity index (χ1v) is 10.2. The molecule has 0 bridgehead atoms. The Kier molecular flexibility index (Phi) is 7.07. The van der Waals surface area contributed by atoms with Crippen molar-refractivity contribution in [1.82, 2.24) is 0 Å². The van der Waals surface area contributed by atoms with Gasteiger partial charge in [-0.05, 0) is 72.0 Å². The molecule has 2 aromatic carbocycles. The van der Waals surface area contributed by atoms with Crippen LogP contribution in [-0.2, 0) is 4.79 Å². The van der Waals surface area contributed by atoms with Gasteiger partial charge in [-0.25, -0.2) is 14.4 Å². The molecule has 0 spiro atoms. The lowest BCUT2D eigenvalue weighted by atomic mass is 9.93. The van der Waals surface area contributed by atoms with Crippen molar-refractivity contribution in [2.45, 2.75) is 26.2 Å². The van der Waals surface area contributed by atoms with E-state index in [1.807, 2.05) is 19.9 Å². The van der Waals surface area contributed by atoms with Crippen LogP contribution in [0.25, 0.3) is 17.0 Å². The molecule has 0 aliphatic carbocycles. The second-order valence-corrected chi connectivity index (χ2v) is 7.49. The number of carbonyl (C=O) groups is 3. The van der Waals surface area contributed by atoms with Gasteiger partial charge in [-0.15, -0.1) is 0 Å². The van der Waals surface area contributed by atoms with E-state index in [1.165, 1.54) is 36.4 Å². The normalized spacial score (nSPS) is 12.1. The number of carboxylic acid groups (broad SMARTS) is 2. The molecule has 1 atom stereocenters. The highest BCUT2D eigenvalue weighted by atomic mass is 16.5. The molecule has 1 aromatic heterocycles. The average molecular weight is 450 g/mol. The summed E-state index contributed by atoms with van der Waals surface area (Å²) in [5, 5.41) is 18.3. The molecular formula is C25H22O8. The lowest BCUT2D eigenvalue weighted by molar-refractivity contribution is -0.139. The Balaban J connectivity index is 1.93. The molecule has 8 nitrogen and oxygen atoms in total. The Labute approximate surface area is 188 Å². The number of fused-ring (bicyclic) bond motifs is 1. The summed E-state index contributed by atoms with van der Waals surface area (Å²) < 4.78 is 10.4. The first kappa shape index (κ1) is 23.5. The van der Waals surface area contributed by atoms with Gasteiger partial charge in [-0.2, -0.15) is 0 Å². The summed E-state index contributed by atoms with van der Waals surface area (Å²) in [5.74, 6) is -2.38. The third kappa shape index (κ3) is 5.54. The highest BCUT2D eigenvalue weighted by Crippen LogP contribution is 2.29. The number of rotatable bonds is 9. The monoisotopic (exact) mass is 450 g/mol. The van der Waals surface area contributed by atoms with E-state index in [0.29, 0.717) is 27.8 Å². The molecule has 170 valence electrons. The van der Waals surface area contributed by atoms with Crippen LogP contribution in [-0.4, -0.2) is 34.5 Å². The standard InChI is InChI=1S/C25H22O8/c1-3-14(2)19-11-15(10-17-12-20(24(29)30)25(31)33-23(17)19)4-9-21(26)16-5-7-18(8-6-16)32-13-22(27)28/h4-12,14H,3,13H2,1-2H3,(H,27,28)(H,29,30)/b9-4+. The largest absolute Gasteiger partial charge is 0.482 e. The van der Waals surface area contributed by atoms with Gasteiger partial charge >= 0.3 is 17.6 Å². The number of aliphatic carboxylic acids is 1. The van der Waals surface area contributed by atoms with Gasteiger partial charge in [0.15, 0.2) is 12.4 Å². The van der Waals surface area contributed by atoms with E-state index in [4.69, 9.17) is 14.3 Å². The van der Waals surface area contributed by atoms with E-state index < -0.39 is 29.7 Å². The summed E-state index contributed by atoms with van der Waals surface area (Å²) in [7, 11) is 0. The predicted molar refractivity (Wildman–Crippen MR) is 121 cm³/mol. The number of carboxylic acids is 2. The van der Waals surface area contributed by atoms with Gasteiger partial charge in [0, 0.05) is 10.9 Å². The zero-order chi connectivity index (χ0) is 24.1. The van der Waals surface area contributed by atoms with Gasteiger partial charge in [-0.1, -0.05) is 19.9 Å². The topological polar surface area (TPSA) is 131 Å². The van der Waals surface area contributed by atoms with Crippen LogP contribution in [0.15, 0.2) is 57.8 Å². The number of aromatic carboxylic acids is 1. The molecule has 0 saturated heterocycles. The van der Waals surface area contributed by atoms with Gasteiger partial charge < -0.3 is 19.4 Å². The van der Waals surface area contributed by atoms with Crippen molar-refractivity contribution < 1.29 is 33.8 Å². The maximum absolute atomic E-state index is 12.6. The predicted octanol–water partition coefficient (Wildman–Crippen LogP) is 4.36.